The summed E-state index contributed by atoms with van der Waals surface area (Å²) in [6.45, 7) is 0. The van der Waals surface area contributed by atoms with Crippen molar-refractivity contribution in [2.24, 2.45) is 0 Å². The number of carbonyl (C=O) groups excluding carboxylic acids is 1. The molecule has 2 N–H and O–H groups in total. The highest BCUT2D eigenvalue weighted by molar-refractivity contribution is 7.92. The summed E-state index contributed by atoms with van der Waals surface area (Å²) in [7, 11) is -2.67. The van der Waals surface area contributed by atoms with Crippen LogP contribution in [0.25, 0.3) is 0 Å². The Morgan fingerprint density at radius 3 is 2.50 bits per heavy atom. The van der Waals surface area contributed by atoms with Gasteiger partial charge in [-0.15, -0.1) is 0 Å². The van der Waals surface area contributed by atoms with Gasteiger partial charge in [0, 0.05) is 11.9 Å². The predicted octanol–water partition coefficient (Wildman–Crippen LogP) is 3.80. The van der Waals surface area contributed by atoms with E-state index >= 15 is 0 Å². The maximum atomic E-state index is 12.9. The number of aromatic nitrogens is 1. The summed E-state index contributed by atoms with van der Waals surface area (Å²) >= 11 is 6.04. The standard InChI is InChI=1S/C19H16ClN3O4S/c1-27-17-10-9-13(22-19(24)16-8-4-5-11-21-16)12-18(17)28(25,26)23-15-7-3-2-6-14(15)20/h2-12,23H,1H3,(H,22,24). The number of anilines is 2. The zero-order valence-corrected chi connectivity index (χ0v) is 16.3. The Bertz CT molecular complexity index is 1110. The molecule has 0 fully saturated rings. The number of hydrogen-bond donors (Lipinski definition) is 2. The highest BCUT2D eigenvalue weighted by Gasteiger charge is 2.22. The summed E-state index contributed by atoms with van der Waals surface area (Å²) in [6.07, 6.45) is 1.49. The van der Waals surface area contributed by atoms with Gasteiger partial charge < -0.3 is 10.1 Å². The van der Waals surface area contributed by atoms with Crippen molar-refractivity contribution in [2.75, 3.05) is 17.1 Å². The molecular formula is C19H16ClN3O4S. The molecular weight excluding hydrogens is 402 g/mol. The largest absolute Gasteiger partial charge is 0.495 e. The van der Waals surface area contributed by atoms with Crippen LogP contribution in [0.1, 0.15) is 10.5 Å². The van der Waals surface area contributed by atoms with Gasteiger partial charge in [0.15, 0.2) is 0 Å². The molecule has 9 heteroatoms. The lowest BCUT2D eigenvalue weighted by Crippen LogP contribution is -2.16. The lowest BCUT2D eigenvalue weighted by molar-refractivity contribution is 0.102. The van der Waals surface area contributed by atoms with Crippen LogP contribution in [-0.4, -0.2) is 26.4 Å². The van der Waals surface area contributed by atoms with Gasteiger partial charge in [-0.25, -0.2) is 8.42 Å². The van der Waals surface area contributed by atoms with Gasteiger partial charge in [0.1, 0.15) is 16.3 Å². The fourth-order valence-electron chi connectivity index (χ4n) is 2.40. The Morgan fingerprint density at radius 2 is 1.82 bits per heavy atom. The Hall–Kier alpha value is -3.10. The van der Waals surface area contributed by atoms with Crippen molar-refractivity contribution in [2.45, 2.75) is 4.90 Å². The SMILES string of the molecule is COc1ccc(NC(=O)c2ccccn2)cc1S(=O)(=O)Nc1ccccc1Cl. The van der Waals surface area contributed by atoms with E-state index in [0.29, 0.717) is 0 Å². The summed E-state index contributed by atoms with van der Waals surface area (Å²) in [5.41, 5.74) is 0.710. The van der Waals surface area contributed by atoms with Crippen LogP contribution in [-0.2, 0) is 10.0 Å². The summed E-state index contributed by atoms with van der Waals surface area (Å²) < 4.78 is 33.3. The van der Waals surface area contributed by atoms with Crippen molar-refractivity contribution in [3.63, 3.8) is 0 Å². The van der Waals surface area contributed by atoms with Crippen LogP contribution in [0.5, 0.6) is 5.75 Å². The minimum atomic E-state index is -4.03. The maximum Gasteiger partial charge on any atom is 0.274 e. The first-order valence-corrected chi connectivity index (χ1v) is 9.94. The van der Waals surface area contributed by atoms with Crippen LogP contribution in [0, 0.1) is 0 Å². The normalized spacial score (nSPS) is 10.9. The number of nitrogens with zero attached hydrogens (tertiary/aromatic N) is 1. The number of para-hydroxylation sites is 1. The first kappa shape index (κ1) is 19.7. The lowest BCUT2D eigenvalue weighted by Gasteiger charge is -2.14. The zero-order chi connectivity index (χ0) is 20.1. The second-order valence-electron chi connectivity index (χ2n) is 5.62. The second-order valence-corrected chi connectivity index (χ2v) is 7.68. The lowest BCUT2D eigenvalue weighted by atomic mass is 10.2. The second kappa shape index (κ2) is 8.28. The third-order valence-electron chi connectivity index (χ3n) is 3.73. The Kier molecular flexibility index (Phi) is 5.81. The van der Waals surface area contributed by atoms with Gasteiger partial charge >= 0.3 is 0 Å². The monoisotopic (exact) mass is 417 g/mol. The van der Waals surface area contributed by atoms with E-state index in [4.69, 9.17) is 16.3 Å². The first-order valence-electron chi connectivity index (χ1n) is 8.08. The Morgan fingerprint density at radius 1 is 1.07 bits per heavy atom. The van der Waals surface area contributed by atoms with Crippen LogP contribution < -0.4 is 14.8 Å². The molecule has 0 saturated carbocycles. The van der Waals surface area contributed by atoms with Crippen LogP contribution in [0.2, 0.25) is 5.02 Å². The van der Waals surface area contributed by atoms with Crippen LogP contribution in [0.15, 0.2) is 71.8 Å². The highest BCUT2D eigenvalue weighted by Crippen LogP contribution is 2.30. The van der Waals surface area contributed by atoms with E-state index in [1.54, 1.807) is 42.5 Å². The molecule has 1 heterocycles. The number of hydrogen-bond acceptors (Lipinski definition) is 5. The van der Waals surface area contributed by atoms with Gasteiger partial charge in [-0.05, 0) is 42.5 Å². The molecule has 1 aromatic heterocycles. The van der Waals surface area contributed by atoms with Crippen molar-refractivity contribution in [1.82, 2.24) is 4.98 Å². The van der Waals surface area contributed by atoms with E-state index in [-0.39, 0.29) is 32.7 Å². The number of carbonyl (C=O) groups is 1. The molecule has 144 valence electrons. The van der Waals surface area contributed by atoms with E-state index < -0.39 is 15.9 Å². The average Bonchev–Trinajstić information content (AvgIpc) is 2.70. The van der Waals surface area contributed by atoms with E-state index in [1.807, 2.05) is 0 Å². The number of rotatable bonds is 6. The predicted molar refractivity (Wildman–Crippen MR) is 107 cm³/mol. The third-order valence-corrected chi connectivity index (χ3v) is 5.44. The molecule has 28 heavy (non-hydrogen) atoms. The van der Waals surface area contributed by atoms with Gasteiger partial charge in [0.05, 0.1) is 17.8 Å². The zero-order valence-electron chi connectivity index (χ0n) is 14.7. The van der Waals surface area contributed by atoms with Crippen LogP contribution in [0.3, 0.4) is 0 Å². The van der Waals surface area contributed by atoms with E-state index in [2.05, 4.69) is 15.0 Å². The number of nitrogens with one attached hydrogen (secondary N) is 2. The van der Waals surface area contributed by atoms with Gasteiger partial charge in [0.2, 0.25) is 0 Å². The molecule has 0 radical (unpaired) electrons. The Balaban J connectivity index is 1.92. The third kappa shape index (κ3) is 4.41. The van der Waals surface area contributed by atoms with E-state index in [1.165, 1.54) is 31.5 Å². The van der Waals surface area contributed by atoms with Gasteiger partial charge in [-0.1, -0.05) is 29.8 Å². The summed E-state index contributed by atoms with van der Waals surface area (Å²) in [4.78, 5) is 16.1. The number of sulfonamides is 1. The number of halogens is 1. The first-order chi connectivity index (χ1) is 13.4. The van der Waals surface area contributed by atoms with Gasteiger partial charge in [-0.2, -0.15) is 0 Å². The molecule has 0 unspecified atom stereocenters. The molecule has 0 aliphatic carbocycles. The van der Waals surface area contributed by atoms with Crippen molar-refractivity contribution in [3.8, 4) is 5.75 Å². The number of pyridine rings is 1. The maximum absolute atomic E-state index is 12.9. The smallest absolute Gasteiger partial charge is 0.274 e. The molecule has 0 aliphatic heterocycles. The minimum Gasteiger partial charge on any atom is -0.495 e. The van der Waals surface area contributed by atoms with E-state index in [0.717, 1.165) is 0 Å². The summed E-state index contributed by atoms with van der Waals surface area (Å²) in [5.74, 6) is -0.344. The average molecular weight is 418 g/mol. The quantitative estimate of drug-likeness (QED) is 0.635. The summed E-state index contributed by atoms with van der Waals surface area (Å²) in [5, 5.41) is 2.88. The number of amides is 1. The van der Waals surface area contributed by atoms with Gasteiger partial charge in [0.25, 0.3) is 15.9 Å². The molecule has 0 spiro atoms. The van der Waals surface area contributed by atoms with E-state index in [9.17, 15) is 13.2 Å². The fraction of sp³-hybridized carbons (Fsp3) is 0.0526. The molecule has 0 saturated heterocycles. The van der Waals surface area contributed by atoms with Crippen molar-refractivity contribution >= 4 is 38.9 Å². The van der Waals surface area contributed by atoms with Crippen LogP contribution in [0.4, 0.5) is 11.4 Å². The molecule has 3 rings (SSSR count). The highest BCUT2D eigenvalue weighted by atomic mass is 35.5. The van der Waals surface area contributed by atoms with Crippen molar-refractivity contribution in [1.29, 1.82) is 0 Å². The van der Waals surface area contributed by atoms with Crippen LogP contribution >= 0.6 is 11.6 Å². The van der Waals surface area contributed by atoms with Crippen molar-refractivity contribution < 1.29 is 17.9 Å². The van der Waals surface area contributed by atoms with Crippen molar-refractivity contribution in [3.05, 3.63) is 77.6 Å². The number of methoxy groups -OCH3 is 1. The molecule has 3 aromatic rings. The molecule has 2 aromatic carbocycles. The Labute approximate surface area is 167 Å². The summed E-state index contributed by atoms with van der Waals surface area (Å²) in [6, 6.07) is 15.7. The number of ether oxygens (including phenoxy) is 1. The molecule has 1 amide bonds. The number of benzene rings is 2. The fourth-order valence-corrected chi connectivity index (χ4v) is 3.92. The molecule has 0 aliphatic rings. The molecule has 0 bridgehead atoms. The topological polar surface area (TPSA) is 97.4 Å². The molecule has 0 atom stereocenters. The molecule has 7 nitrogen and oxygen atoms in total. The van der Waals surface area contributed by atoms with Gasteiger partial charge in [-0.3, -0.25) is 14.5 Å². The minimum absolute atomic E-state index is 0.121.